The van der Waals surface area contributed by atoms with Crippen LogP contribution in [0.5, 0.6) is 5.75 Å². The molecular formula is C19H22N2O2. The van der Waals surface area contributed by atoms with Gasteiger partial charge >= 0.3 is 0 Å². The molecule has 0 spiro atoms. The molecule has 0 saturated heterocycles. The number of benzene rings is 2. The lowest BCUT2D eigenvalue weighted by molar-refractivity contribution is 0.254. The second kappa shape index (κ2) is 7.20. The molecule has 2 aromatic carbocycles. The Balaban J connectivity index is 1.52. The highest BCUT2D eigenvalue weighted by Crippen LogP contribution is 2.17. The van der Waals surface area contributed by atoms with E-state index in [2.05, 4.69) is 46.5 Å². The summed E-state index contributed by atoms with van der Waals surface area (Å²) in [5, 5.41) is 9.08. The van der Waals surface area contributed by atoms with Crippen molar-refractivity contribution in [2.45, 2.75) is 19.7 Å². The van der Waals surface area contributed by atoms with Crippen molar-refractivity contribution in [1.82, 2.24) is 9.80 Å². The van der Waals surface area contributed by atoms with Crippen molar-refractivity contribution >= 4 is 0 Å². The Kier molecular flexibility index (Phi) is 4.83. The van der Waals surface area contributed by atoms with Crippen molar-refractivity contribution in [3.05, 3.63) is 77.6 Å². The number of aliphatic hydroxyl groups is 1. The van der Waals surface area contributed by atoms with Crippen LogP contribution in [0.15, 0.2) is 60.9 Å². The summed E-state index contributed by atoms with van der Waals surface area (Å²) in [5.41, 5.74) is 3.47. The summed E-state index contributed by atoms with van der Waals surface area (Å²) in [6, 6.07) is 16.3. The maximum Gasteiger partial charge on any atom is 0.118 e. The molecule has 1 heterocycles. The topological polar surface area (TPSA) is 35.9 Å². The monoisotopic (exact) mass is 310 g/mol. The van der Waals surface area contributed by atoms with Gasteiger partial charge in [0.2, 0.25) is 0 Å². The predicted octanol–water partition coefficient (Wildman–Crippen LogP) is 2.93. The fraction of sp³-hybridized carbons (Fsp3) is 0.263. The maximum atomic E-state index is 9.08. The molecule has 0 aromatic heterocycles. The number of nitrogens with zero attached hydrogens (tertiary/aromatic N) is 2. The van der Waals surface area contributed by atoms with E-state index >= 15 is 0 Å². The van der Waals surface area contributed by atoms with Crippen LogP contribution in [-0.4, -0.2) is 28.7 Å². The van der Waals surface area contributed by atoms with Gasteiger partial charge in [0.1, 0.15) is 5.75 Å². The standard InChI is InChI=1S/C19H22N2O2/c1-23-19-8-6-17(7-9-19)13-21-11-10-20(15-21)12-16-2-4-18(14-22)5-3-16/h2-11,22H,12-15H2,1H3. The third-order valence-electron chi connectivity index (χ3n) is 3.99. The lowest BCUT2D eigenvalue weighted by Crippen LogP contribution is -2.24. The molecule has 4 heteroatoms. The Morgan fingerprint density at radius 2 is 1.30 bits per heavy atom. The molecule has 4 nitrogen and oxygen atoms in total. The first-order valence-corrected chi connectivity index (χ1v) is 7.75. The van der Waals surface area contributed by atoms with Crippen LogP contribution in [0.4, 0.5) is 0 Å². The highest BCUT2D eigenvalue weighted by molar-refractivity contribution is 5.27. The Morgan fingerprint density at radius 3 is 1.78 bits per heavy atom. The summed E-state index contributed by atoms with van der Waals surface area (Å²) >= 11 is 0. The SMILES string of the molecule is COc1ccc(CN2C=CN(Cc3ccc(CO)cc3)C2)cc1. The minimum absolute atomic E-state index is 0.0968. The van der Waals surface area contributed by atoms with Crippen molar-refractivity contribution in [3.63, 3.8) is 0 Å². The number of ether oxygens (including phenoxy) is 1. The molecule has 2 aromatic rings. The van der Waals surface area contributed by atoms with Gasteiger partial charge in [0.25, 0.3) is 0 Å². The summed E-state index contributed by atoms with van der Waals surface area (Å²) in [4.78, 5) is 4.56. The van der Waals surface area contributed by atoms with Crippen LogP contribution in [0.2, 0.25) is 0 Å². The van der Waals surface area contributed by atoms with Crippen LogP contribution in [0.25, 0.3) is 0 Å². The molecule has 1 N–H and O–H groups in total. The summed E-state index contributed by atoms with van der Waals surface area (Å²) in [5.74, 6) is 0.888. The van der Waals surface area contributed by atoms with E-state index in [0.717, 1.165) is 31.1 Å². The molecule has 23 heavy (non-hydrogen) atoms. The van der Waals surface area contributed by atoms with Gasteiger partial charge in [0.05, 0.1) is 20.4 Å². The smallest absolute Gasteiger partial charge is 0.118 e. The molecule has 1 aliphatic rings. The molecule has 0 unspecified atom stereocenters. The summed E-state index contributed by atoms with van der Waals surface area (Å²) < 4.78 is 5.19. The van der Waals surface area contributed by atoms with Crippen LogP contribution in [0.3, 0.4) is 0 Å². The molecule has 1 aliphatic heterocycles. The number of hydrogen-bond acceptors (Lipinski definition) is 4. The number of hydrogen-bond donors (Lipinski definition) is 1. The highest BCUT2D eigenvalue weighted by Gasteiger charge is 2.12. The average molecular weight is 310 g/mol. The van der Waals surface area contributed by atoms with Gasteiger partial charge in [-0.05, 0) is 28.8 Å². The van der Waals surface area contributed by atoms with Gasteiger partial charge in [-0.15, -0.1) is 0 Å². The molecule has 0 fully saturated rings. The third kappa shape index (κ3) is 4.05. The van der Waals surface area contributed by atoms with Crippen LogP contribution >= 0.6 is 0 Å². The third-order valence-corrected chi connectivity index (χ3v) is 3.99. The number of methoxy groups -OCH3 is 1. The van der Waals surface area contributed by atoms with E-state index in [0.29, 0.717) is 0 Å². The molecule has 3 rings (SSSR count). The van der Waals surface area contributed by atoms with Crippen LogP contribution in [0, 0.1) is 0 Å². The quantitative estimate of drug-likeness (QED) is 0.890. The Bertz CT molecular complexity index is 593. The second-order valence-electron chi connectivity index (χ2n) is 5.76. The Labute approximate surface area is 137 Å². The van der Waals surface area contributed by atoms with E-state index in [1.54, 1.807) is 7.11 Å². The first kappa shape index (κ1) is 15.4. The second-order valence-corrected chi connectivity index (χ2v) is 5.76. The van der Waals surface area contributed by atoms with E-state index in [1.807, 2.05) is 24.3 Å². The van der Waals surface area contributed by atoms with Crippen LogP contribution in [0.1, 0.15) is 16.7 Å². The normalized spacial score (nSPS) is 13.7. The van der Waals surface area contributed by atoms with Gasteiger partial charge in [-0.1, -0.05) is 36.4 Å². The lowest BCUT2D eigenvalue weighted by atomic mass is 10.1. The van der Waals surface area contributed by atoms with Crippen molar-refractivity contribution in [2.75, 3.05) is 13.8 Å². The minimum Gasteiger partial charge on any atom is -0.497 e. The molecule has 0 amide bonds. The fourth-order valence-electron chi connectivity index (χ4n) is 2.67. The zero-order valence-corrected chi connectivity index (χ0v) is 13.4. The van der Waals surface area contributed by atoms with E-state index in [4.69, 9.17) is 9.84 Å². The van der Waals surface area contributed by atoms with Gasteiger partial charge in [-0.3, -0.25) is 0 Å². The first-order chi connectivity index (χ1) is 11.3. The van der Waals surface area contributed by atoms with E-state index in [1.165, 1.54) is 11.1 Å². The first-order valence-electron chi connectivity index (χ1n) is 7.75. The fourth-order valence-corrected chi connectivity index (χ4v) is 2.67. The Morgan fingerprint density at radius 1 is 0.826 bits per heavy atom. The van der Waals surface area contributed by atoms with Gasteiger partial charge in [-0.25, -0.2) is 0 Å². The van der Waals surface area contributed by atoms with Gasteiger partial charge < -0.3 is 19.6 Å². The summed E-state index contributed by atoms with van der Waals surface area (Å²) in [6.07, 6.45) is 4.26. The van der Waals surface area contributed by atoms with E-state index in [9.17, 15) is 0 Å². The van der Waals surface area contributed by atoms with Crippen molar-refractivity contribution in [1.29, 1.82) is 0 Å². The molecular weight excluding hydrogens is 288 g/mol. The maximum absolute atomic E-state index is 9.08. The number of aliphatic hydroxyl groups excluding tert-OH is 1. The number of rotatable bonds is 6. The largest absolute Gasteiger partial charge is 0.497 e. The zero-order valence-electron chi connectivity index (χ0n) is 13.4. The molecule has 0 saturated carbocycles. The molecule has 0 atom stereocenters. The molecule has 0 radical (unpaired) electrons. The van der Waals surface area contributed by atoms with Crippen molar-refractivity contribution < 1.29 is 9.84 Å². The van der Waals surface area contributed by atoms with Crippen LogP contribution in [-0.2, 0) is 19.7 Å². The molecule has 0 aliphatic carbocycles. The van der Waals surface area contributed by atoms with Crippen LogP contribution < -0.4 is 4.74 Å². The van der Waals surface area contributed by atoms with E-state index < -0.39 is 0 Å². The predicted molar refractivity (Wildman–Crippen MR) is 90.5 cm³/mol. The van der Waals surface area contributed by atoms with Gasteiger partial charge in [0.15, 0.2) is 0 Å². The lowest BCUT2D eigenvalue weighted by Gasteiger charge is -2.21. The van der Waals surface area contributed by atoms with E-state index in [-0.39, 0.29) is 6.61 Å². The summed E-state index contributed by atoms with van der Waals surface area (Å²) in [6.45, 7) is 2.75. The molecule has 0 bridgehead atoms. The Hall–Kier alpha value is -2.46. The molecule has 120 valence electrons. The van der Waals surface area contributed by atoms with Gasteiger partial charge in [0, 0.05) is 25.5 Å². The van der Waals surface area contributed by atoms with Crippen molar-refractivity contribution in [2.24, 2.45) is 0 Å². The zero-order chi connectivity index (χ0) is 16.1. The van der Waals surface area contributed by atoms with Crippen molar-refractivity contribution in [3.8, 4) is 5.75 Å². The summed E-state index contributed by atoms with van der Waals surface area (Å²) in [7, 11) is 1.68. The average Bonchev–Trinajstić information content (AvgIpc) is 3.03. The minimum atomic E-state index is 0.0968. The highest BCUT2D eigenvalue weighted by atomic mass is 16.5. The van der Waals surface area contributed by atoms with Gasteiger partial charge in [-0.2, -0.15) is 0 Å².